The third kappa shape index (κ3) is 5.00. The van der Waals surface area contributed by atoms with Gasteiger partial charge in [-0.1, -0.05) is 42.0 Å². The summed E-state index contributed by atoms with van der Waals surface area (Å²) in [5.41, 5.74) is 4.60. The molecule has 1 amide bonds. The molecule has 0 saturated heterocycles. The van der Waals surface area contributed by atoms with Crippen LogP contribution in [-0.2, 0) is 11.3 Å². The third-order valence-electron chi connectivity index (χ3n) is 4.74. The molecule has 0 saturated carbocycles. The summed E-state index contributed by atoms with van der Waals surface area (Å²) < 4.78 is 2.10. The van der Waals surface area contributed by atoms with Crippen molar-refractivity contribution in [3.63, 3.8) is 0 Å². The van der Waals surface area contributed by atoms with E-state index in [4.69, 9.17) is 0 Å². The standard InChI is InChI=1S/C23H27N3O/c1-18-7-6-8-20(15-18)22(26-13-4-5-14-26)16-23(27)24-17-19-9-11-21(12-10-19)25(2)3/h4-15,22H,16-17H2,1-3H3,(H,24,27)/t22-/m0/s1. The minimum Gasteiger partial charge on any atom is -0.378 e. The maximum atomic E-state index is 12.6. The zero-order valence-electron chi connectivity index (χ0n) is 16.2. The van der Waals surface area contributed by atoms with Crippen molar-refractivity contribution in [3.8, 4) is 0 Å². The number of nitrogens with one attached hydrogen (secondary N) is 1. The maximum absolute atomic E-state index is 12.6. The molecule has 3 aromatic rings. The van der Waals surface area contributed by atoms with E-state index >= 15 is 0 Å². The van der Waals surface area contributed by atoms with E-state index in [1.54, 1.807) is 0 Å². The fourth-order valence-corrected chi connectivity index (χ4v) is 3.19. The van der Waals surface area contributed by atoms with Crippen LogP contribution >= 0.6 is 0 Å². The predicted octanol–water partition coefficient (Wildman–Crippen LogP) is 4.16. The molecule has 4 nitrogen and oxygen atoms in total. The van der Waals surface area contributed by atoms with E-state index in [0.29, 0.717) is 13.0 Å². The average Bonchev–Trinajstić information content (AvgIpc) is 3.19. The SMILES string of the molecule is Cc1cccc([C@H](CC(=O)NCc2ccc(N(C)C)cc2)n2cccc2)c1. The number of carbonyl (C=O) groups is 1. The van der Waals surface area contributed by atoms with Crippen LogP contribution in [0.1, 0.15) is 29.2 Å². The van der Waals surface area contributed by atoms with Crippen molar-refractivity contribution < 1.29 is 4.79 Å². The number of hydrogen-bond donors (Lipinski definition) is 1. The Morgan fingerprint density at radius 3 is 2.37 bits per heavy atom. The summed E-state index contributed by atoms with van der Waals surface area (Å²) >= 11 is 0. The number of hydrogen-bond acceptors (Lipinski definition) is 2. The minimum absolute atomic E-state index is 0.00369. The Balaban J connectivity index is 1.66. The molecule has 0 aliphatic heterocycles. The molecule has 0 radical (unpaired) electrons. The van der Waals surface area contributed by atoms with Gasteiger partial charge in [0, 0.05) is 38.7 Å². The van der Waals surface area contributed by atoms with Crippen molar-refractivity contribution in [1.82, 2.24) is 9.88 Å². The Kier molecular flexibility index (Phi) is 5.97. The summed E-state index contributed by atoms with van der Waals surface area (Å²) in [5.74, 6) is 0.0480. The molecule has 0 fully saturated rings. The molecule has 1 N–H and O–H groups in total. The van der Waals surface area contributed by atoms with E-state index in [9.17, 15) is 4.79 Å². The number of carbonyl (C=O) groups excluding carboxylic acids is 1. The second kappa shape index (κ2) is 8.58. The molecule has 2 aromatic carbocycles. The Bertz CT molecular complexity index is 867. The van der Waals surface area contributed by atoms with Crippen LogP contribution in [0.4, 0.5) is 5.69 Å². The molecule has 27 heavy (non-hydrogen) atoms. The van der Waals surface area contributed by atoms with Gasteiger partial charge in [-0.3, -0.25) is 4.79 Å². The highest BCUT2D eigenvalue weighted by molar-refractivity contribution is 5.77. The molecule has 0 spiro atoms. The minimum atomic E-state index is -0.00369. The van der Waals surface area contributed by atoms with Crippen molar-refractivity contribution >= 4 is 11.6 Å². The highest BCUT2D eigenvalue weighted by atomic mass is 16.1. The van der Waals surface area contributed by atoms with Crippen LogP contribution < -0.4 is 10.2 Å². The number of nitrogens with zero attached hydrogens (tertiary/aromatic N) is 2. The Morgan fingerprint density at radius 1 is 1.04 bits per heavy atom. The quantitative estimate of drug-likeness (QED) is 0.686. The number of aryl methyl sites for hydroxylation is 1. The first-order valence-electron chi connectivity index (χ1n) is 9.25. The Labute approximate surface area is 161 Å². The van der Waals surface area contributed by atoms with Gasteiger partial charge in [-0.25, -0.2) is 0 Å². The zero-order chi connectivity index (χ0) is 19.2. The number of anilines is 1. The van der Waals surface area contributed by atoms with E-state index in [2.05, 4.69) is 64.2 Å². The molecule has 0 bridgehead atoms. The van der Waals surface area contributed by atoms with Crippen LogP contribution in [0.15, 0.2) is 73.1 Å². The summed E-state index contributed by atoms with van der Waals surface area (Å²) in [6.45, 7) is 2.62. The van der Waals surface area contributed by atoms with Gasteiger partial charge in [0.25, 0.3) is 0 Å². The summed E-state index contributed by atoms with van der Waals surface area (Å²) in [6.07, 6.45) is 4.44. The molecule has 1 aromatic heterocycles. The van der Waals surface area contributed by atoms with Crippen molar-refractivity contribution in [2.24, 2.45) is 0 Å². The summed E-state index contributed by atoms with van der Waals surface area (Å²) in [6, 6.07) is 20.6. The molecular formula is C23H27N3O. The average molecular weight is 361 g/mol. The first-order chi connectivity index (χ1) is 13.0. The largest absolute Gasteiger partial charge is 0.378 e. The van der Waals surface area contributed by atoms with Crippen LogP contribution in [-0.4, -0.2) is 24.6 Å². The number of benzene rings is 2. The molecule has 4 heteroatoms. The summed E-state index contributed by atoms with van der Waals surface area (Å²) in [4.78, 5) is 14.7. The monoisotopic (exact) mass is 361 g/mol. The van der Waals surface area contributed by atoms with E-state index in [-0.39, 0.29) is 11.9 Å². The number of amides is 1. The maximum Gasteiger partial charge on any atom is 0.222 e. The number of rotatable bonds is 7. The van der Waals surface area contributed by atoms with Crippen LogP contribution in [0.5, 0.6) is 0 Å². The number of aromatic nitrogens is 1. The first-order valence-corrected chi connectivity index (χ1v) is 9.25. The molecule has 3 rings (SSSR count). The van der Waals surface area contributed by atoms with E-state index < -0.39 is 0 Å². The summed E-state index contributed by atoms with van der Waals surface area (Å²) in [7, 11) is 4.03. The molecule has 140 valence electrons. The topological polar surface area (TPSA) is 37.3 Å². The normalized spacial score (nSPS) is 11.8. The van der Waals surface area contributed by atoms with Gasteiger partial charge in [0.05, 0.1) is 12.5 Å². The highest BCUT2D eigenvalue weighted by Gasteiger charge is 2.17. The summed E-state index contributed by atoms with van der Waals surface area (Å²) in [5, 5.41) is 3.06. The lowest BCUT2D eigenvalue weighted by atomic mass is 10.0. The third-order valence-corrected chi connectivity index (χ3v) is 4.74. The van der Waals surface area contributed by atoms with Crippen molar-refractivity contribution in [2.45, 2.75) is 25.9 Å². The second-order valence-corrected chi connectivity index (χ2v) is 7.10. The van der Waals surface area contributed by atoms with Crippen molar-refractivity contribution in [1.29, 1.82) is 0 Å². The van der Waals surface area contributed by atoms with Crippen molar-refractivity contribution in [2.75, 3.05) is 19.0 Å². The Hall–Kier alpha value is -3.01. The fourth-order valence-electron chi connectivity index (χ4n) is 3.19. The fraction of sp³-hybridized carbons (Fsp3) is 0.261. The van der Waals surface area contributed by atoms with E-state index in [1.165, 1.54) is 5.56 Å². The lowest BCUT2D eigenvalue weighted by Gasteiger charge is -2.20. The van der Waals surface area contributed by atoms with Gasteiger partial charge in [-0.15, -0.1) is 0 Å². The van der Waals surface area contributed by atoms with Gasteiger partial charge >= 0.3 is 0 Å². The molecule has 0 unspecified atom stereocenters. The van der Waals surface area contributed by atoms with Gasteiger partial charge in [-0.2, -0.15) is 0 Å². The zero-order valence-corrected chi connectivity index (χ0v) is 16.2. The van der Waals surface area contributed by atoms with E-state index in [0.717, 1.165) is 16.8 Å². The van der Waals surface area contributed by atoms with Gasteiger partial charge in [0.15, 0.2) is 0 Å². The lowest BCUT2D eigenvalue weighted by molar-refractivity contribution is -0.121. The van der Waals surface area contributed by atoms with Gasteiger partial charge in [0.2, 0.25) is 5.91 Å². The van der Waals surface area contributed by atoms with Crippen LogP contribution in [0.2, 0.25) is 0 Å². The first kappa shape index (κ1) is 18.8. The highest BCUT2D eigenvalue weighted by Crippen LogP contribution is 2.23. The molecule has 0 aliphatic rings. The van der Waals surface area contributed by atoms with Crippen LogP contribution in [0.25, 0.3) is 0 Å². The second-order valence-electron chi connectivity index (χ2n) is 7.10. The Morgan fingerprint density at radius 2 is 1.74 bits per heavy atom. The molecule has 1 atom stereocenters. The smallest absolute Gasteiger partial charge is 0.222 e. The lowest BCUT2D eigenvalue weighted by Crippen LogP contribution is -2.26. The van der Waals surface area contributed by atoms with Gasteiger partial charge < -0.3 is 14.8 Å². The van der Waals surface area contributed by atoms with Gasteiger partial charge in [-0.05, 0) is 42.3 Å². The van der Waals surface area contributed by atoms with Gasteiger partial charge in [0.1, 0.15) is 0 Å². The predicted molar refractivity (Wildman–Crippen MR) is 111 cm³/mol. The molecule has 0 aliphatic carbocycles. The van der Waals surface area contributed by atoms with Crippen LogP contribution in [0, 0.1) is 6.92 Å². The molecular weight excluding hydrogens is 334 g/mol. The van der Waals surface area contributed by atoms with E-state index in [1.807, 2.05) is 44.7 Å². The van der Waals surface area contributed by atoms with Crippen molar-refractivity contribution in [3.05, 3.63) is 89.7 Å². The van der Waals surface area contributed by atoms with Crippen LogP contribution in [0.3, 0.4) is 0 Å². The molecule has 1 heterocycles.